The van der Waals surface area contributed by atoms with Crippen LogP contribution in [0.3, 0.4) is 0 Å². The molecule has 1 aromatic rings. The fourth-order valence-corrected chi connectivity index (χ4v) is 3.43. The number of thiazole rings is 1. The van der Waals surface area contributed by atoms with Gasteiger partial charge in [0.05, 0.1) is 6.04 Å². The summed E-state index contributed by atoms with van der Waals surface area (Å²) in [7, 11) is 0. The third-order valence-corrected chi connectivity index (χ3v) is 4.65. The molecule has 1 aliphatic rings. The largest absolute Gasteiger partial charge is 0.329 e. The molecule has 1 aliphatic heterocycles. The van der Waals surface area contributed by atoms with Crippen molar-refractivity contribution in [2.75, 3.05) is 13.1 Å². The van der Waals surface area contributed by atoms with Gasteiger partial charge >= 0.3 is 0 Å². The average Bonchev–Trinajstić information content (AvgIpc) is 2.81. The quantitative estimate of drug-likeness (QED) is 0.880. The van der Waals surface area contributed by atoms with E-state index < -0.39 is 0 Å². The minimum Gasteiger partial charge on any atom is -0.329 e. The Kier molecular flexibility index (Phi) is 3.95. The van der Waals surface area contributed by atoms with Crippen molar-refractivity contribution in [2.45, 2.75) is 38.8 Å². The number of piperidine rings is 1. The molecule has 0 saturated carbocycles. The molecule has 3 atom stereocenters. The van der Waals surface area contributed by atoms with Crippen molar-refractivity contribution in [3.63, 3.8) is 0 Å². The van der Waals surface area contributed by atoms with E-state index in [-0.39, 0.29) is 0 Å². The Morgan fingerprint density at radius 1 is 1.69 bits per heavy atom. The Balaban J connectivity index is 2.12. The van der Waals surface area contributed by atoms with Crippen molar-refractivity contribution in [1.82, 2.24) is 9.88 Å². The van der Waals surface area contributed by atoms with Crippen LogP contribution in [0.1, 0.15) is 37.7 Å². The smallest absolute Gasteiger partial charge is 0.109 e. The van der Waals surface area contributed by atoms with E-state index in [0.29, 0.717) is 18.0 Å². The van der Waals surface area contributed by atoms with Crippen LogP contribution in [0.25, 0.3) is 0 Å². The van der Waals surface area contributed by atoms with E-state index in [4.69, 9.17) is 5.73 Å². The summed E-state index contributed by atoms with van der Waals surface area (Å²) in [5.74, 6) is 0.709. The molecule has 16 heavy (non-hydrogen) atoms. The lowest BCUT2D eigenvalue weighted by molar-refractivity contribution is 0.0688. The molecule has 0 spiro atoms. The zero-order valence-electron chi connectivity index (χ0n) is 10.1. The van der Waals surface area contributed by atoms with Gasteiger partial charge in [-0.25, -0.2) is 4.98 Å². The van der Waals surface area contributed by atoms with Crippen molar-refractivity contribution in [2.24, 2.45) is 11.7 Å². The molecule has 2 heterocycles. The number of rotatable bonds is 3. The van der Waals surface area contributed by atoms with Gasteiger partial charge < -0.3 is 5.73 Å². The number of nitrogens with zero attached hydrogens (tertiary/aromatic N) is 2. The lowest BCUT2D eigenvalue weighted by Gasteiger charge is -2.42. The molecule has 3 nitrogen and oxygen atoms in total. The molecule has 90 valence electrons. The minimum atomic E-state index is 0.413. The maximum atomic E-state index is 5.92. The van der Waals surface area contributed by atoms with Gasteiger partial charge in [-0.2, -0.15) is 0 Å². The second-order valence-electron chi connectivity index (χ2n) is 4.71. The first-order chi connectivity index (χ1) is 7.74. The van der Waals surface area contributed by atoms with Gasteiger partial charge in [0.25, 0.3) is 0 Å². The average molecular weight is 239 g/mol. The van der Waals surface area contributed by atoms with E-state index in [1.54, 1.807) is 11.3 Å². The van der Waals surface area contributed by atoms with Crippen LogP contribution in [0.4, 0.5) is 0 Å². The van der Waals surface area contributed by atoms with Crippen molar-refractivity contribution in [3.8, 4) is 0 Å². The lowest BCUT2D eigenvalue weighted by atomic mass is 9.90. The summed E-state index contributed by atoms with van der Waals surface area (Å²) in [6, 6.07) is 0.934. The van der Waals surface area contributed by atoms with Gasteiger partial charge in [-0.1, -0.05) is 6.92 Å². The number of aromatic nitrogens is 1. The van der Waals surface area contributed by atoms with Crippen LogP contribution >= 0.6 is 11.3 Å². The predicted molar refractivity (Wildman–Crippen MR) is 68.5 cm³/mol. The Labute approximate surface area is 102 Å². The lowest BCUT2D eigenvalue weighted by Crippen LogP contribution is -2.49. The fourth-order valence-electron chi connectivity index (χ4n) is 2.71. The molecule has 0 bridgehead atoms. The molecule has 2 rings (SSSR count). The van der Waals surface area contributed by atoms with Crippen molar-refractivity contribution < 1.29 is 0 Å². The molecule has 4 heteroatoms. The molecule has 3 unspecified atom stereocenters. The Bertz CT molecular complexity index is 312. The molecule has 0 aliphatic carbocycles. The second-order valence-corrected chi connectivity index (χ2v) is 5.63. The molecule has 2 N–H and O–H groups in total. The molecule has 0 aromatic carbocycles. The molecule has 1 aromatic heterocycles. The maximum absolute atomic E-state index is 5.92. The normalized spacial score (nSPS) is 29.2. The van der Waals surface area contributed by atoms with Crippen LogP contribution in [-0.2, 0) is 0 Å². The Hall–Kier alpha value is -0.450. The zero-order valence-corrected chi connectivity index (χ0v) is 10.9. The Morgan fingerprint density at radius 2 is 2.50 bits per heavy atom. The summed E-state index contributed by atoms with van der Waals surface area (Å²) in [4.78, 5) is 6.96. The van der Waals surface area contributed by atoms with Crippen molar-refractivity contribution in [1.29, 1.82) is 0 Å². The first kappa shape index (κ1) is 12.0. The van der Waals surface area contributed by atoms with Crippen molar-refractivity contribution in [3.05, 3.63) is 16.6 Å². The van der Waals surface area contributed by atoms with Crippen LogP contribution in [-0.4, -0.2) is 29.0 Å². The third kappa shape index (κ3) is 2.29. The SMILES string of the molecule is CC1CCCN(C(C)c2nccs2)C1CN. The van der Waals surface area contributed by atoms with E-state index in [0.717, 1.165) is 13.1 Å². The molecule has 0 amide bonds. The first-order valence-electron chi connectivity index (χ1n) is 6.09. The maximum Gasteiger partial charge on any atom is 0.109 e. The third-order valence-electron chi connectivity index (χ3n) is 3.71. The highest BCUT2D eigenvalue weighted by Crippen LogP contribution is 2.31. The number of nitrogens with two attached hydrogens (primary N) is 1. The summed E-state index contributed by atoms with van der Waals surface area (Å²) in [5.41, 5.74) is 5.92. The summed E-state index contributed by atoms with van der Waals surface area (Å²) < 4.78 is 0. The summed E-state index contributed by atoms with van der Waals surface area (Å²) in [6.45, 7) is 6.49. The Morgan fingerprint density at radius 3 is 3.12 bits per heavy atom. The standard InChI is InChI=1S/C12H21N3S/c1-9-4-3-6-15(11(9)8-13)10(2)12-14-5-7-16-12/h5,7,9-11H,3-4,6,8,13H2,1-2H3. The van der Waals surface area contributed by atoms with Crippen molar-refractivity contribution >= 4 is 11.3 Å². The topological polar surface area (TPSA) is 42.2 Å². The second kappa shape index (κ2) is 5.25. The van der Waals surface area contributed by atoms with Crippen LogP contribution in [0, 0.1) is 5.92 Å². The fraction of sp³-hybridized carbons (Fsp3) is 0.750. The number of hydrogen-bond acceptors (Lipinski definition) is 4. The zero-order chi connectivity index (χ0) is 11.5. The highest BCUT2D eigenvalue weighted by molar-refractivity contribution is 7.09. The molecular formula is C12H21N3S. The van der Waals surface area contributed by atoms with Crippen LogP contribution < -0.4 is 5.73 Å². The first-order valence-corrected chi connectivity index (χ1v) is 6.97. The van der Waals surface area contributed by atoms with Gasteiger partial charge in [0.1, 0.15) is 5.01 Å². The predicted octanol–water partition coefficient (Wildman–Crippen LogP) is 2.26. The summed E-state index contributed by atoms with van der Waals surface area (Å²) >= 11 is 1.74. The van der Waals surface area contributed by atoms with E-state index in [1.807, 2.05) is 6.20 Å². The van der Waals surface area contributed by atoms with E-state index in [9.17, 15) is 0 Å². The van der Waals surface area contributed by atoms with Crippen LogP contribution in [0.5, 0.6) is 0 Å². The van der Waals surface area contributed by atoms with E-state index >= 15 is 0 Å². The molecular weight excluding hydrogens is 218 g/mol. The highest BCUT2D eigenvalue weighted by atomic mass is 32.1. The van der Waals surface area contributed by atoms with Gasteiger partial charge in [-0.15, -0.1) is 11.3 Å². The monoisotopic (exact) mass is 239 g/mol. The van der Waals surface area contributed by atoms with Gasteiger partial charge in [0, 0.05) is 24.2 Å². The van der Waals surface area contributed by atoms with Crippen LogP contribution in [0.2, 0.25) is 0 Å². The molecule has 1 fully saturated rings. The van der Waals surface area contributed by atoms with Gasteiger partial charge in [-0.05, 0) is 32.2 Å². The molecule has 1 saturated heterocycles. The van der Waals surface area contributed by atoms with Crippen LogP contribution in [0.15, 0.2) is 11.6 Å². The number of likely N-dealkylation sites (tertiary alicyclic amines) is 1. The minimum absolute atomic E-state index is 0.413. The number of hydrogen-bond donors (Lipinski definition) is 1. The van der Waals surface area contributed by atoms with E-state index in [2.05, 4.69) is 29.1 Å². The van der Waals surface area contributed by atoms with Gasteiger partial charge in [0.2, 0.25) is 0 Å². The molecule has 0 radical (unpaired) electrons. The van der Waals surface area contributed by atoms with Gasteiger partial charge in [-0.3, -0.25) is 4.90 Å². The summed E-state index contributed by atoms with van der Waals surface area (Å²) in [5, 5.41) is 3.27. The summed E-state index contributed by atoms with van der Waals surface area (Å²) in [6.07, 6.45) is 4.48. The highest BCUT2D eigenvalue weighted by Gasteiger charge is 2.31. The van der Waals surface area contributed by atoms with E-state index in [1.165, 1.54) is 17.8 Å². The van der Waals surface area contributed by atoms with Gasteiger partial charge in [0.15, 0.2) is 0 Å².